The van der Waals surface area contributed by atoms with Crippen LogP contribution in [0.25, 0.3) is 0 Å². The number of aromatic hydroxyl groups is 1. The number of hydrogen-bond donors (Lipinski definition) is 8. The van der Waals surface area contributed by atoms with E-state index in [-0.39, 0.29) is 24.3 Å². The van der Waals surface area contributed by atoms with E-state index >= 15 is 0 Å². The number of carboxylic acid groups (broad SMARTS) is 1. The van der Waals surface area contributed by atoms with E-state index in [4.69, 9.17) is 5.73 Å². The number of nitrogens with zero attached hydrogens (tertiary/aromatic N) is 1. The number of thiol groups is 1. The second-order valence-electron chi connectivity index (χ2n) is 7.63. The van der Waals surface area contributed by atoms with Crippen molar-refractivity contribution in [3.8, 4) is 5.75 Å². The average Bonchev–Trinajstić information content (AvgIpc) is 3.30. The van der Waals surface area contributed by atoms with Crippen molar-refractivity contribution in [1.29, 1.82) is 0 Å². The lowest BCUT2D eigenvalue weighted by molar-refractivity contribution is -0.141. The molecule has 0 spiro atoms. The van der Waals surface area contributed by atoms with E-state index in [1.165, 1.54) is 31.6 Å². The number of nitrogens with two attached hydrogens (primary N) is 1. The molecule has 2 aromatic rings. The van der Waals surface area contributed by atoms with E-state index < -0.39 is 47.9 Å². The molecule has 1 aromatic carbocycles. The number of H-pyrrole nitrogens is 1. The van der Waals surface area contributed by atoms with Gasteiger partial charge in [-0.1, -0.05) is 12.1 Å². The van der Waals surface area contributed by atoms with Gasteiger partial charge < -0.3 is 36.9 Å². The number of aliphatic carboxylic acids is 1. The predicted molar refractivity (Wildman–Crippen MR) is 125 cm³/mol. The topological polar surface area (TPSA) is 200 Å². The number of hydrogen-bond acceptors (Lipinski definition) is 8. The minimum atomic E-state index is -1.27. The number of phenolic OH excluding ortho intramolecular Hbond substituents is 1. The first-order valence-corrected chi connectivity index (χ1v) is 11.0. The number of amides is 3. The van der Waals surface area contributed by atoms with Crippen molar-refractivity contribution in [1.82, 2.24) is 25.9 Å². The van der Waals surface area contributed by atoms with Crippen molar-refractivity contribution in [2.45, 2.75) is 43.9 Å². The Hall–Kier alpha value is -3.58. The molecule has 0 saturated carbocycles. The highest BCUT2D eigenvalue weighted by Crippen LogP contribution is 2.12. The normalized spacial score (nSPS) is 14.3. The third-order valence-corrected chi connectivity index (χ3v) is 5.25. The molecular formula is C21H28N6O6S. The van der Waals surface area contributed by atoms with Gasteiger partial charge in [0.2, 0.25) is 17.7 Å². The number of benzene rings is 1. The van der Waals surface area contributed by atoms with Crippen LogP contribution in [0.3, 0.4) is 0 Å². The second kappa shape index (κ2) is 12.6. The van der Waals surface area contributed by atoms with Crippen LogP contribution in [-0.4, -0.2) is 73.8 Å². The summed E-state index contributed by atoms with van der Waals surface area (Å²) in [6.07, 6.45) is 3.19. The number of carbonyl (C=O) groups is 4. The minimum Gasteiger partial charge on any atom is -0.508 e. The Morgan fingerprint density at radius 1 is 1.03 bits per heavy atom. The summed E-state index contributed by atoms with van der Waals surface area (Å²) in [7, 11) is 0. The van der Waals surface area contributed by atoms with Gasteiger partial charge in [-0.25, -0.2) is 9.78 Å². The number of nitrogens with one attached hydrogen (secondary N) is 4. The van der Waals surface area contributed by atoms with Crippen LogP contribution in [0.1, 0.15) is 18.2 Å². The van der Waals surface area contributed by atoms with Crippen molar-refractivity contribution in [2.75, 3.05) is 5.75 Å². The first-order valence-electron chi connectivity index (χ1n) is 10.4. The molecule has 1 aromatic heterocycles. The van der Waals surface area contributed by atoms with Gasteiger partial charge in [0.1, 0.15) is 23.9 Å². The second-order valence-corrected chi connectivity index (χ2v) is 8.00. The molecule has 4 atom stereocenters. The van der Waals surface area contributed by atoms with Crippen molar-refractivity contribution in [3.05, 3.63) is 48.0 Å². The summed E-state index contributed by atoms with van der Waals surface area (Å²) in [4.78, 5) is 55.8. The Balaban J connectivity index is 2.06. The van der Waals surface area contributed by atoms with Gasteiger partial charge in [-0.3, -0.25) is 14.4 Å². The summed E-state index contributed by atoms with van der Waals surface area (Å²) in [6.45, 7) is 1.43. The molecule has 0 aliphatic carbocycles. The molecule has 0 radical (unpaired) electrons. The van der Waals surface area contributed by atoms with Crippen LogP contribution in [0.4, 0.5) is 0 Å². The van der Waals surface area contributed by atoms with E-state index in [0.29, 0.717) is 11.3 Å². The molecule has 0 bridgehead atoms. The number of carboxylic acids is 1. The van der Waals surface area contributed by atoms with Gasteiger partial charge in [0.05, 0.1) is 12.4 Å². The molecule has 1 heterocycles. The number of phenols is 1. The van der Waals surface area contributed by atoms with E-state index in [1.54, 1.807) is 12.1 Å². The van der Waals surface area contributed by atoms with Gasteiger partial charge in [0, 0.05) is 30.5 Å². The Labute approximate surface area is 201 Å². The summed E-state index contributed by atoms with van der Waals surface area (Å²) in [6, 6.07) is 1.59. The molecule has 13 heteroatoms. The van der Waals surface area contributed by atoms with Crippen LogP contribution in [0, 0.1) is 0 Å². The van der Waals surface area contributed by atoms with Gasteiger partial charge in [0.25, 0.3) is 0 Å². The molecule has 0 fully saturated rings. The maximum atomic E-state index is 12.8. The number of rotatable bonds is 12. The number of aromatic amines is 1. The smallest absolute Gasteiger partial charge is 0.327 e. The minimum absolute atomic E-state index is 0.0107. The lowest BCUT2D eigenvalue weighted by Gasteiger charge is -2.23. The summed E-state index contributed by atoms with van der Waals surface area (Å²) in [5.41, 5.74) is 7.14. The highest BCUT2D eigenvalue weighted by atomic mass is 32.1. The first-order chi connectivity index (χ1) is 16.1. The zero-order chi connectivity index (χ0) is 25.3. The third kappa shape index (κ3) is 8.08. The van der Waals surface area contributed by atoms with E-state index in [9.17, 15) is 29.4 Å². The van der Waals surface area contributed by atoms with E-state index in [0.717, 1.165) is 0 Å². The molecule has 4 unspecified atom stereocenters. The van der Waals surface area contributed by atoms with Crippen LogP contribution in [0.2, 0.25) is 0 Å². The molecule has 12 nitrogen and oxygen atoms in total. The highest BCUT2D eigenvalue weighted by Gasteiger charge is 2.28. The molecule has 0 saturated heterocycles. The molecular weight excluding hydrogens is 464 g/mol. The van der Waals surface area contributed by atoms with E-state index in [1.807, 2.05) is 0 Å². The predicted octanol–water partition coefficient (Wildman–Crippen LogP) is -1.28. The Kier molecular flexibility index (Phi) is 9.89. The zero-order valence-corrected chi connectivity index (χ0v) is 19.3. The summed E-state index contributed by atoms with van der Waals surface area (Å²) < 4.78 is 0. The fourth-order valence-corrected chi connectivity index (χ4v) is 3.19. The van der Waals surface area contributed by atoms with Crippen LogP contribution in [0.5, 0.6) is 5.75 Å². The Morgan fingerprint density at radius 3 is 2.24 bits per heavy atom. The van der Waals surface area contributed by atoms with Gasteiger partial charge >= 0.3 is 5.97 Å². The molecule has 0 aliphatic heterocycles. The molecule has 34 heavy (non-hydrogen) atoms. The highest BCUT2D eigenvalue weighted by molar-refractivity contribution is 7.80. The van der Waals surface area contributed by atoms with Crippen molar-refractivity contribution >= 4 is 36.3 Å². The molecule has 8 N–H and O–H groups in total. The summed E-state index contributed by atoms with van der Waals surface area (Å²) in [5.74, 6) is -3.38. The average molecular weight is 493 g/mol. The molecule has 3 amide bonds. The SMILES string of the molecule is CC(NC(=O)C(N)Cc1cnc[nH]1)C(=O)NC(Cc1ccc(O)cc1)C(=O)NC(CS)C(=O)O. The quantitative estimate of drug-likeness (QED) is 0.167. The molecule has 184 valence electrons. The van der Waals surface area contributed by atoms with Crippen LogP contribution in [-0.2, 0) is 32.0 Å². The molecule has 2 rings (SSSR count). The van der Waals surface area contributed by atoms with Gasteiger partial charge in [0.15, 0.2) is 0 Å². The van der Waals surface area contributed by atoms with Crippen molar-refractivity contribution in [3.63, 3.8) is 0 Å². The van der Waals surface area contributed by atoms with Crippen LogP contribution in [0.15, 0.2) is 36.8 Å². The maximum Gasteiger partial charge on any atom is 0.327 e. The largest absolute Gasteiger partial charge is 0.508 e. The zero-order valence-electron chi connectivity index (χ0n) is 18.4. The van der Waals surface area contributed by atoms with Crippen molar-refractivity contribution in [2.24, 2.45) is 5.73 Å². The number of carbonyl (C=O) groups excluding carboxylic acids is 3. The number of aromatic nitrogens is 2. The van der Waals surface area contributed by atoms with Gasteiger partial charge in [-0.2, -0.15) is 12.6 Å². The van der Waals surface area contributed by atoms with Gasteiger partial charge in [-0.15, -0.1) is 0 Å². The Bertz CT molecular complexity index is 984. The lowest BCUT2D eigenvalue weighted by atomic mass is 10.0. The summed E-state index contributed by atoms with van der Waals surface area (Å²) in [5, 5.41) is 26.0. The standard InChI is InChI=1S/C21H28N6O6S/c1-11(25-19(30)15(22)7-13-8-23-10-24-13)18(29)26-16(6-12-2-4-14(28)5-3-12)20(31)27-17(9-34)21(32)33/h2-5,8,10-11,15-17,28,34H,6-7,9,22H2,1H3,(H,23,24)(H,25,30)(H,26,29)(H,27,31)(H,32,33). The number of imidazole rings is 1. The lowest BCUT2D eigenvalue weighted by Crippen LogP contribution is -2.57. The van der Waals surface area contributed by atoms with E-state index in [2.05, 4.69) is 38.5 Å². The van der Waals surface area contributed by atoms with Gasteiger partial charge in [-0.05, 0) is 24.6 Å². The van der Waals surface area contributed by atoms with Crippen LogP contribution >= 0.6 is 12.6 Å². The van der Waals surface area contributed by atoms with Crippen molar-refractivity contribution < 1.29 is 29.4 Å². The maximum absolute atomic E-state index is 12.8. The molecule has 0 aliphatic rings. The first kappa shape index (κ1) is 26.7. The monoisotopic (exact) mass is 492 g/mol. The summed E-state index contributed by atoms with van der Waals surface area (Å²) >= 11 is 3.92. The third-order valence-electron chi connectivity index (χ3n) is 4.89. The fraction of sp³-hybridized carbons (Fsp3) is 0.381. The fourth-order valence-electron chi connectivity index (χ4n) is 2.94. The Morgan fingerprint density at radius 2 is 1.68 bits per heavy atom. The van der Waals surface area contributed by atoms with Crippen LogP contribution < -0.4 is 21.7 Å².